The highest BCUT2D eigenvalue weighted by molar-refractivity contribution is 7.80. The molecule has 1 aliphatic rings. The quantitative estimate of drug-likeness (QED) is 0.614. The molecule has 0 bridgehead atoms. The molecule has 18 heavy (non-hydrogen) atoms. The van der Waals surface area contributed by atoms with Gasteiger partial charge in [0, 0.05) is 31.1 Å². The fourth-order valence-electron chi connectivity index (χ4n) is 1.89. The summed E-state index contributed by atoms with van der Waals surface area (Å²) in [5.41, 5.74) is 1.14. The number of thiol groups is 1. The second-order valence-corrected chi connectivity index (χ2v) is 4.62. The zero-order valence-corrected chi connectivity index (χ0v) is 10.9. The molecule has 1 aliphatic heterocycles. The Kier molecular flexibility index (Phi) is 3.90. The van der Waals surface area contributed by atoms with Crippen molar-refractivity contribution >= 4 is 24.5 Å². The first kappa shape index (κ1) is 12.9. The lowest BCUT2D eigenvalue weighted by molar-refractivity contribution is -0.135. The first-order valence-corrected chi connectivity index (χ1v) is 6.31. The van der Waals surface area contributed by atoms with Crippen LogP contribution in [0.1, 0.15) is 28.5 Å². The third-order valence-electron chi connectivity index (χ3n) is 2.99. The second-order valence-electron chi connectivity index (χ2n) is 4.17. The van der Waals surface area contributed by atoms with Crippen molar-refractivity contribution in [2.24, 2.45) is 0 Å². The number of carbonyl (C=O) groups is 2. The predicted molar refractivity (Wildman–Crippen MR) is 67.7 cm³/mol. The number of likely N-dealkylation sites (tertiary alicyclic amines) is 1. The molecular weight excluding hydrogens is 254 g/mol. The van der Waals surface area contributed by atoms with E-state index >= 15 is 0 Å². The van der Waals surface area contributed by atoms with Crippen LogP contribution in [0.15, 0.2) is 6.07 Å². The lowest BCUT2D eigenvalue weighted by atomic mass is 9.96. The molecule has 1 saturated heterocycles. The van der Waals surface area contributed by atoms with Crippen LogP contribution in [0.2, 0.25) is 0 Å². The fourth-order valence-corrected chi connectivity index (χ4v) is 2.08. The van der Waals surface area contributed by atoms with Crippen molar-refractivity contribution in [3.63, 3.8) is 0 Å². The van der Waals surface area contributed by atoms with Gasteiger partial charge < -0.3 is 9.64 Å². The summed E-state index contributed by atoms with van der Waals surface area (Å²) < 4.78 is 4.58. The Bertz CT molecular complexity index is 454. The molecule has 0 spiro atoms. The molecule has 0 radical (unpaired) electrons. The number of hydrogen-bond donors (Lipinski definition) is 2. The fraction of sp³-hybridized carbons (Fsp3) is 0.545. The maximum Gasteiger partial charge on any atom is 0.358 e. The predicted octanol–water partition coefficient (Wildman–Crippen LogP) is 0.442. The third-order valence-corrected chi connectivity index (χ3v) is 3.22. The van der Waals surface area contributed by atoms with E-state index < -0.39 is 5.97 Å². The maximum absolute atomic E-state index is 11.5. The molecule has 0 saturated carbocycles. The van der Waals surface area contributed by atoms with E-state index in [0.717, 1.165) is 5.69 Å². The molecule has 98 valence electrons. The summed E-state index contributed by atoms with van der Waals surface area (Å²) in [4.78, 5) is 24.6. The van der Waals surface area contributed by atoms with E-state index in [1.807, 2.05) is 0 Å². The Morgan fingerprint density at radius 1 is 1.61 bits per heavy atom. The molecule has 1 fully saturated rings. The largest absolute Gasteiger partial charge is 0.464 e. The van der Waals surface area contributed by atoms with Gasteiger partial charge in [0.25, 0.3) is 0 Å². The molecule has 1 aromatic rings. The number of methoxy groups -OCH3 is 1. The Morgan fingerprint density at radius 3 is 2.94 bits per heavy atom. The monoisotopic (exact) mass is 269 g/mol. The van der Waals surface area contributed by atoms with Crippen LogP contribution >= 0.6 is 12.6 Å². The number of nitrogens with one attached hydrogen (secondary N) is 1. The zero-order valence-electron chi connectivity index (χ0n) is 10.0. The van der Waals surface area contributed by atoms with Gasteiger partial charge in [-0.25, -0.2) is 4.79 Å². The first-order valence-electron chi connectivity index (χ1n) is 5.68. The van der Waals surface area contributed by atoms with Crippen LogP contribution in [-0.4, -0.2) is 52.9 Å². The zero-order chi connectivity index (χ0) is 13.1. The third kappa shape index (κ3) is 2.50. The van der Waals surface area contributed by atoms with E-state index in [1.165, 1.54) is 7.11 Å². The molecule has 1 aromatic heterocycles. The van der Waals surface area contributed by atoms with E-state index in [9.17, 15) is 9.59 Å². The lowest BCUT2D eigenvalue weighted by Gasteiger charge is -2.38. The van der Waals surface area contributed by atoms with Crippen LogP contribution in [0.4, 0.5) is 0 Å². The number of aromatic amines is 1. The van der Waals surface area contributed by atoms with Crippen molar-refractivity contribution in [2.75, 3.05) is 26.0 Å². The van der Waals surface area contributed by atoms with E-state index in [1.54, 1.807) is 11.0 Å². The average Bonchev–Trinajstić information content (AvgIpc) is 2.75. The Balaban J connectivity index is 1.90. The van der Waals surface area contributed by atoms with Crippen LogP contribution in [-0.2, 0) is 9.53 Å². The summed E-state index contributed by atoms with van der Waals surface area (Å²) in [6.07, 6.45) is 0.465. The highest BCUT2D eigenvalue weighted by Crippen LogP contribution is 2.26. The summed E-state index contributed by atoms with van der Waals surface area (Å²) in [5, 5.41) is 6.69. The number of H-pyrrole nitrogens is 1. The summed E-state index contributed by atoms with van der Waals surface area (Å²) in [5.74, 6) is 0.449. The molecule has 0 atom stereocenters. The van der Waals surface area contributed by atoms with E-state index in [2.05, 4.69) is 27.6 Å². The second kappa shape index (κ2) is 5.43. The van der Waals surface area contributed by atoms with Gasteiger partial charge >= 0.3 is 5.97 Å². The smallest absolute Gasteiger partial charge is 0.358 e. The van der Waals surface area contributed by atoms with E-state index in [0.29, 0.717) is 25.3 Å². The molecule has 1 amide bonds. The van der Waals surface area contributed by atoms with Crippen LogP contribution in [0.25, 0.3) is 0 Å². The minimum absolute atomic E-state index is 0.119. The highest BCUT2D eigenvalue weighted by Gasteiger charge is 2.32. The van der Waals surface area contributed by atoms with Gasteiger partial charge in [0.15, 0.2) is 5.69 Å². The van der Waals surface area contributed by atoms with Crippen LogP contribution in [0.5, 0.6) is 0 Å². The Hall–Kier alpha value is -1.50. The molecule has 0 aromatic carbocycles. The Morgan fingerprint density at radius 2 is 2.33 bits per heavy atom. The number of hydrogen-bond acceptors (Lipinski definition) is 5. The van der Waals surface area contributed by atoms with Gasteiger partial charge in [0.05, 0.1) is 7.11 Å². The number of rotatable bonds is 4. The van der Waals surface area contributed by atoms with Crippen molar-refractivity contribution < 1.29 is 14.3 Å². The van der Waals surface area contributed by atoms with Gasteiger partial charge in [0.2, 0.25) is 5.91 Å². The van der Waals surface area contributed by atoms with Gasteiger partial charge in [-0.15, -0.1) is 0 Å². The van der Waals surface area contributed by atoms with Gasteiger partial charge in [0.1, 0.15) is 0 Å². The van der Waals surface area contributed by atoms with Gasteiger partial charge in [-0.3, -0.25) is 9.89 Å². The number of nitrogens with zero attached hydrogens (tertiary/aromatic N) is 2. The number of carbonyl (C=O) groups excluding carboxylic acids is 2. The first-order chi connectivity index (χ1) is 8.65. The van der Waals surface area contributed by atoms with Gasteiger partial charge in [-0.2, -0.15) is 17.7 Å². The summed E-state index contributed by atoms with van der Waals surface area (Å²) in [6, 6.07) is 1.68. The lowest BCUT2D eigenvalue weighted by Crippen LogP contribution is -2.48. The molecule has 6 nitrogen and oxygen atoms in total. The van der Waals surface area contributed by atoms with Crippen molar-refractivity contribution in [3.8, 4) is 0 Å². The van der Waals surface area contributed by atoms with Gasteiger partial charge in [-0.05, 0) is 11.8 Å². The molecule has 1 N–H and O–H groups in total. The van der Waals surface area contributed by atoms with Crippen molar-refractivity contribution in [1.29, 1.82) is 0 Å². The minimum Gasteiger partial charge on any atom is -0.464 e. The molecule has 2 rings (SSSR count). The number of esters is 1. The standard InChI is InChI=1S/C11H15N3O3S/c1-17-11(16)9-4-8(12-13-9)7-5-14(6-7)10(15)2-3-18/h4,7,18H,2-3,5-6H2,1H3,(H,12,13). The number of aromatic nitrogens is 2. The number of amides is 1. The van der Waals surface area contributed by atoms with E-state index in [-0.39, 0.29) is 17.5 Å². The van der Waals surface area contributed by atoms with Crippen molar-refractivity contribution in [2.45, 2.75) is 12.3 Å². The minimum atomic E-state index is -0.458. The van der Waals surface area contributed by atoms with Crippen LogP contribution in [0, 0.1) is 0 Å². The SMILES string of the molecule is COC(=O)c1cc(C2CN(C(=O)CCS)C2)[nH]n1. The summed E-state index contributed by atoms with van der Waals surface area (Å²) in [6.45, 7) is 1.32. The van der Waals surface area contributed by atoms with E-state index in [4.69, 9.17) is 0 Å². The summed E-state index contributed by atoms with van der Waals surface area (Å²) in [7, 11) is 1.32. The average molecular weight is 269 g/mol. The van der Waals surface area contributed by atoms with Gasteiger partial charge in [-0.1, -0.05) is 0 Å². The van der Waals surface area contributed by atoms with Crippen LogP contribution < -0.4 is 0 Å². The molecule has 2 heterocycles. The highest BCUT2D eigenvalue weighted by atomic mass is 32.1. The Labute approximate surface area is 110 Å². The number of ether oxygens (including phenoxy) is 1. The molecule has 7 heteroatoms. The normalized spacial score (nSPS) is 15.3. The van der Waals surface area contributed by atoms with Crippen LogP contribution in [0.3, 0.4) is 0 Å². The summed E-state index contributed by atoms with van der Waals surface area (Å²) >= 11 is 4.03. The topological polar surface area (TPSA) is 75.3 Å². The van der Waals surface area contributed by atoms with Crippen molar-refractivity contribution in [1.82, 2.24) is 15.1 Å². The maximum atomic E-state index is 11.5. The van der Waals surface area contributed by atoms with Crippen molar-refractivity contribution in [3.05, 3.63) is 17.5 Å². The molecule has 0 unspecified atom stereocenters. The molecular formula is C11H15N3O3S. The molecule has 0 aliphatic carbocycles.